The van der Waals surface area contributed by atoms with Gasteiger partial charge in [-0.2, -0.15) is 0 Å². The Hall–Kier alpha value is -0.555. The van der Waals surface area contributed by atoms with Crippen LogP contribution in [0.2, 0.25) is 0 Å². The first-order chi connectivity index (χ1) is 6.88. The van der Waals surface area contributed by atoms with E-state index < -0.39 is 0 Å². The summed E-state index contributed by atoms with van der Waals surface area (Å²) in [6, 6.07) is 4.14. The minimum atomic E-state index is -0.249. The van der Waals surface area contributed by atoms with Gasteiger partial charge < -0.3 is 9.68 Å². The lowest BCUT2D eigenvalue weighted by atomic mass is 10.4. The van der Waals surface area contributed by atoms with Gasteiger partial charge in [0.1, 0.15) is 0 Å². The van der Waals surface area contributed by atoms with Gasteiger partial charge in [-0.3, -0.25) is 0 Å². The van der Waals surface area contributed by atoms with Crippen molar-refractivity contribution in [2.45, 2.75) is 0 Å². The van der Waals surface area contributed by atoms with Gasteiger partial charge in [0.2, 0.25) is 0 Å². The first-order valence-electron chi connectivity index (χ1n) is 4.01. The molecule has 0 aliphatic rings. The van der Waals surface area contributed by atoms with Crippen molar-refractivity contribution in [1.82, 2.24) is 0 Å². The highest BCUT2D eigenvalue weighted by molar-refractivity contribution is 7.38. The maximum absolute atomic E-state index is 8.65. The lowest BCUT2D eigenvalue weighted by molar-refractivity contribution is 0.461. The van der Waals surface area contributed by atoms with Crippen molar-refractivity contribution >= 4 is 60.5 Å². The molecule has 2 nitrogen and oxygen atoms in total. The molecule has 0 amide bonds. The molecular formula is C8H5BO2S3. The first-order valence-corrected chi connectivity index (χ1v) is 6.53. The van der Waals surface area contributed by atoms with Crippen molar-refractivity contribution in [1.29, 1.82) is 0 Å². The molecule has 0 saturated heterocycles. The van der Waals surface area contributed by atoms with Crippen LogP contribution in [-0.2, 0) is 0 Å². The van der Waals surface area contributed by atoms with E-state index in [0.29, 0.717) is 0 Å². The van der Waals surface area contributed by atoms with Crippen LogP contribution in [-0.4, -0.2) is 12.7 Å². The minimum Gasteiger partial charge on any atom is -0.531 e. The van der Waals surface area contributed by atoms with Gasteiger partial charge in [0, 0.05) is 10.8 Å². The Labute approximate surface area is 92.7 Å². The molecule has 0 aliphatic carbocycles. The first kappa shape index (κ1) is 8.73. The summed E-state index contributed by atoms with van der Waals surface area (Å²) in [5.41, 5.74) is 0. The van der Waals surface area contributed by atoms with Crippen LogP contribution in [0.15, 0.2) is 17.5 Å². The molecule has 1 N–H and O–H groups in total. The van der Waals surface area contributed by atoms with Crippen molar-refractivity contribution in [3.63, 3.8) is 0 Å². The third-order valence-corrected chi connectivity index (χ3v) is 5.42. The largest absolute Gasteiger partial charge is 0.531 e. The van der Waals surface area contributed by atoms with Crippen LogP contribution in [0.3, 0.4) is 0 Å². The Morgan fingerprint density at radius 3 is 3.00 bits per heavy atom. The molecule has 6 heteroatoms. The summed E-state index contributed by atoms with van der Waals surface area (Å²) in [6.45, 7) is 0. The summed E-state index contributed by atoms with van der Waals surface area (Å²) in [6.07, 6.45) is 0. The quantitative estimate of drug-likeness (QED) is 0.698. The molecule has 0 aliphatic heterocycles. The van der Waals surface area contributed by atoms with Crippen LogP contribution in [0.25, 0.3) is 18.8 Å². The number of rotatable bonds is 2. The van der Waals surface area contributed by atoms with Crippen LogP contribution < -0.4 is 4.65 Å². The highest BCUT2D eigenvalue weighted by Crippen LogP contribution is 2.44. The Bertz CT molecular complexity index is 579. The van der Waals surface area contributed by atoms with Gasteiger partial charge in [0.25, 0.3) is 0 Å². The molecule has 14 heavy (non-hydrogen) atoms. The van der Waals surface area contributed by atoms with E-state index in [1.807, 2.05) is 6.07 Å². The van der Waals surface area contributed by atoms with E-state index in [2.05, 4.69) is 11.4 Å². The third kappa shape index (κ3) is 1.19. The zero-order valence-electron chi connectivity index (χ0n) is 7.02. The fraction of sp³-hybridized carbons (Fsp3) is 0. The monoisotopic (exact) mass is 240 g/mol. The maximum atomic E-state index is 8.65. The van der Waals surface area contributed by atoms with Crippen molar-refractivity contribution in [3.05, 3.63) is 17.5 Å². The molecule has 0 unspecified atom stereocenters. The minimum absolute atomic E-state index is 0.249. The van der Waals surface area contributed by atoms with E-state index in [0.717, 1.165) is 5.06 Å². The number of thiophene rings is 3. The Morgan fingerprint density at radius 1 is 1.21 bits per heavy atom. The third-order valence-electron chi connectivity index (χ3n) is 1.94. The van der Waals surface area contributed by atoms with Crippen LogP contribution in [0.4, 0.5) is 0 Å². The van der Waals surface area contributed by atoms with Crippen LogP contribution in [0.1, 0.15) is 0 Å². The molecule has 70 valence electrons. The SMILES string of the molecule is OBOc1cc2sc3ccsc3c2s1. The zero-order valence-corrected chi connectivity index (χ0v) is 9.47. The smallest absolute Gasteiger partial charge is 0.504 e. The van der Waals surface area contributed by atoms with E-state index in [4.69, 9.17) is 9.68 Å². The topological polar surface area (TPSA) is 29.5 Å². The van der Waals surface area contributed by atoms with E-state index in [9.17, 15) is 0 Å². The lowest BCUT2D eigenvalue weighted by Gasteiger charge is -1.92. The van der Waals surface area contributed by atoms with Gasteiger partial charge in [0.15, 0.2) is 5.06 Å². The Morgan fingerprint density at radius 2 is 2.14 bits per heavy atom. The molecule has 0 spiro atoms. The van der Waals surface area contributed by atoms with Gasteiger partial charge >= 0.3 is 7.69 Å². The summed E-state index contributed by atoms with van der Waals surface area (Å²) < 4.78 is 10.3. The maximum Gasteiger partial charge on any atom is 0.504 e. The molecule has 0 radical (unpaired) electrons. The second-order valence-corrected chi connectivity index (χ2v) is 5.76. The summed E-state index contributed by atoms with van der Waals surface area (Å²) in [5.74, 6) is 0. The highest BCUT2D eigenvalue weighted by atomic mass is 32.1. The highest BCUT2D eigenvalue weighted by Gasteiger charge is 2.10. The summed E-state index contributed by atoms with van der Waals surface area (Å²) in [4.78, 5) is 0. The summed E-state index contributed by atoms with van der Waals surface area (Å²) >= 11 is 5.13. The van der Waals surface area contributed by atoms with E-state index in [-0.39, 0.29) is 7.69 Å². The number of fused-ring (bicyclic) bond motifs is 3. The molecule has 3 rings (SSSR count). The van der Waals surface area contributed by atoms with Crippen LogP contribution in [0, 0.1) is 0 Å². The fourth-order valence-corrected chi connectivity index (χ4v) is 4.98. The molecule has 3 heterocycles. The molecule has 0 fully saturated rings. The molecule has 3 aromatic heterocycles. The second kappa shape index (κ2) is 3.24. The van der Waals surface area contributed by atoms with Crippen molar-refractivity contribution < 1.29 is 9.68 Å². The van der Waals surface area contributed by atoms with Crippen molar-refractivity contribution in [2.24, 2.45) is 0 Å². The molecule has 0 saturated carbocycles. The number of hydrogen-bond donors (Lipinski definition) is 1. The molecule has 0 aromatic carbocycles. The van der Waals surface area contributed by atoms with E-state index in [1.165, 1.54) is 18.8 Å². The van der Waals surface area contributed by atoms with Gasteiger partial charge in [-0.15, -0.1) is 22.7 Å². The fourth-order valence-electron chi connectivity index (χ4n) is 1.38. The van der Waals surface area contributed by atoms with Gasteiger partial charge in [0.05, 0.1) is 14.1 Å². The standard InChI is InChI=1S/C8H5BO2S3/c10-9-11-6-3-5-8(14-6)7-4(13-5)1-2-12-7/h1-3,9-10H. The average Bonchev–Trinajstić information content (AvgIpc) is 2.75. The number of hydrogen-bond acceptors (Lipinski definition) is 5. The molecule has 0 bridgehead atoms. The summed E-state index contributed by atoms with van der Waals surface area (Å²) in [7, 11) is -0.249. The van der Waals surface area contributed by atoms with E-state index in [1.54, 1.807) is 34.0 Å². The van der Waals surface area contributed by atoms with E-state index >= 15 is 0 Å². The van der Waals surface area contributed by atoms with Crippen LogP contribution in [0.5, 0.6) is 5.06 Å². The summed E-state index contributed by atoms with van der Waals surface area (Å²) in [5, 5.41) is 11.5. The predicted octanol–water partition coefficient (Wildman–Crippen LogP) is 2.82. The van der Waals surface area contributed by atoms with Gasteiger partial charge in [-0.05, 0) is 11.4 Å². The van der Waals surface area contributed by atoms with Crippen molar-refractivity contribution in [2.75, 3.05) is 0 Å². The predicted molar refractivity (Wildman–Crippen MR) is 65.1 cm³/mol. The molecule has 0 atom stereocenters. The van der Waals surface area contributed by atoms with Crippen molar-refractivity contribution in [3.8, 4) is 5.06 Å². The zero-order chi connectivity index (χ0) is 9.54. The molecular weight excluding hydrogens is 235 g/mol. The Balaban J connectivity index is 2.27. The lowest BCUT2D eigenvalue weighted by Crippen LogP contribution is -1.97. The van der Waals surface area contributed by atoms with Gasteiger partial charge in [-0.1, -0.05) is 11.3 Å². The second-order valence-electron chi connectivity index (χ2n) is 2.75. The van der Waals surface area contributed by atoms with Crippen LogP contribution >= 0.6 is 34.0 Å². The molecule has 3 aromatic rings. The normalized spacial score (nSPS) is 11.2. The Kier molecular flexibility index (Phi) is 2.02. The average molecular weight is 240 g/mol. The van der Waals surface area contributed by atoms with Gasteiger partial charge in [-0.25, -0.2) is 0 Å².